The van der Waals surface area contributed by atoms with Crippen LogP contribution in [0.5, 0.6) is 5.75 Å². The van der Waals surface area contributed by atoms with Crippen LogP contribution in [0, 0.1) is 9.49 Å². The molecular formula is C15H22ClIN2O2. The van der Waals surface area contributed by atoms with Gasteiger partial charge in [0.15, 0.2) is 0 Å². The van der Waals surface area contributed by atoms with Crippen molar-refractivity contribution in [1.82, 2.24) is 5.32 Å². The van der Waals surface area contributed by atoms with Crippen LogP contribution in [0.2, 0.25) is 0 Å². The van der Waals surface area contributed by atoms with E-state index < -0.39 is 0 Å². The zero-order chi connectivity index (χ0) is 14.4. The van der Waals surface area contributed by atoms with E-state index in [1.165, 1.54) is 16.4 Å². The number of carbonyl (C=O) groups excluding carboxylic acids is 1. The molecule has 0 radical (unpaired) electrons. The van der Waals surface area contributed by atoms with Gasteiger partial charge in [0, 0.05) is 22.6 Å². The van der Waals surface area contributed by atoms with Crippen molar-refractivity contribution in [3.63, 3.8) is 0 Å². The van der Waals surface area contributed by atoms with Gasteiger partial charge in [-0.3, -0.25) is 4.79 Å². The Morgan fingerprint density at radius 1 is 1.38 bits per heavy atom. The number of hydrogen-bond donors (Lipinski definition) is 2. The number of hydrogen-bond acceptors (Lipinski definition) is 3. The van der Waals surface area contributed by atoms with E-state index in [0.717, 1.165) is 12.2 Å². The molecule has 0 saturated heterocycles. The SMILES string of the molecule is Cl.NC(CNC(=O)CCCOc1ccc(I)cc1)C1CC1. The van der Waals surface area contributed by atoms with Crippen molar-refractivity contribution < 1.29 is 9.53 Å². The molecule has 1 amide bonds. The van der Waals surface area contributed by atoms with Crippen LogP contribution >= 0.6 is 35.0 Å². The molecule has 1 aromatic carbocycles. The molecule has 0 aromatic heterocycles. The summed E-state index contributed by atoms with van der Waals surface area (Å²) in [7, 11) is 0. The van der Waals surface area contributed by atoms with Crippen LogP contribution < -0.4 is 15.8 Å². The topological polar surface area (TPSA) is 64.3 Å². The van der Waals surface area contributed by atoms with E-state index in [1.807, 2.05) is 24.3 Å². The van der Waals surface area contributed by atoms with E-state index in [9.17, 15) is 4.79 Å². The van der Waals surface area contributed by atoms with Crippen LogP contribution in [-0.4, -0.2) is 25.1 Å². The maximum absolute atomic E-state index is 11.6. The number of amides is 1. The molecule has 6 heteroatoms. The third-order valence-corrected chi connectivity index (χ3v) is 4.11. The molecule has 3 N–H and O–H groups in total. The van der Waals surface area contributed by atoms with Gasteiger partial charge in [-0.25, -0.2) is 0 Å². The van der Waals surface area contributed by atoms with Crippen molar-refractivity contribution in [3.8, 4) is 5.75 Å². The van der Waals surface area contributed by atoms with Crippen molar-refractivity contribution in [2.24, 2.45) is 11.7 Å². The zero-order valence-electron chi connectivity index (χ0n) is 11.9. The lowest BCUT2D eigenvalue weighted by molar-refractivity contribution is -0.121. The predicted octanol–water partition coefficient (Wildman–Crippen LogP) is 2.73. The zero-order valence-corrected chi connectivity index (χ0v) is 14.9. The summed E-state index contributed by atoms with van der Waals surface area (Å²) in [5, 5.41) is 2.89. The minimum Gasteiger partial charge on any atom is -0.494 e. The molecule has 118 valence electrons. The largest absolute Gasteiger partial charge is 0.494 e. The third kappa shape index (κ3) is 7.33. The molecule has 0 spiro atoms. The first-order chi connectivity index (χ1) is 9.65. The van der Waals surface area contributed by atoms with Gasteiger partial charge in [-0.05, 0) is 72.0 Å². The highest BCUT2D eigenvalue weighted by Gasteiger charge is 2.28. The summed E-state index contributed by atoms with van der Waals surface area (Å²) in [5.74, 6) is 1.54. The highest BCUT2D eigenvalue weighted by atomic mass is 127. The highest BCUT2D eigenvalue weighted by Crippen LogP contribution is 2.31. The Bertz CT molecular complexity index is 438. The van der Waals surface area contributed by atoms with Crippen molar-refractivity contribution in [2.45, 2.75) is 31.7 Å². The van der Waals surface area contributed by atoms with E-state index >= 15 is 0 Å². The Kier molecular flexibility index (Phi) is 8.36. The molecule has 0 aliphatic heterocycles. The van der Waals surface area contributed by atoms with Gasteiger partial charge in [0.2, 0.25) is 5.91 Å². The number of benzene rings is 1. The molecule has 4 nitrogen and oxygen atoms in total. The molecule has 1 atom stereocenters. The fourth-order valence-corrected chi connectivity index (χ4v) is 2.32. The number of nitrogens with one attached hydrogen (secondary N) is 1. The van der Waals surface area contributed by atoms with E-state index in [0.29, 0.717) is 25.5 Å². The fraction of sp³-hybridized carbons (Fsp3) is 0.533. The minimum absolute atomic E-state index is 0. The Labute approximate surface area is 145 Å². The second kappa shape index (κ2) is 9.48. The maximum atomic E-state index is 11.6. The third-order valence-electron chi connectivity index (χ3n) is 3.39. The van der Waals surface area contributed by atoms with Crippen LogP contribution in [0.1, 0.15) is 25.7 Å². The van der Waals surface area contributed by atoms with Gasteiger partial charge in [0.05, 0.1) is 6.61 Å². The van der Waals surface area contributed by atoms with Crippen molar-refractivity contribution in [1.29, 1.82) is 0 Å². The minimum atomic E-state index is 0. The average Bonchev–Trinajstić information content (AvgIpc) is 3.27. The van der Waals surface area contributed by atoms with Gasteiger partial charge in [-0.1, -0.05) is 0 Å². The molecule has 2 rings (SSSR count). The summed E-state index contributed by atoms with van der Waals surface area (Å²) < 4.78 is 6.76. The van der Waals surface area contributed by atoms with E-state index in [1.54, 1.807) is 0 Å². The monoisotopic (exact) mass is 424 g/mol. The Morgan fingerprint density at radius 3 is 2.67 bits per heavy atom. The predicted molar refractivity (Wildman–Crippen MR) is 94.8 cm³/mol. The van der Waals surface area contributed by atoms with Crippen molar-refractivity contribution >= 4 is 40.9 Å². The van der Waals surface area contributed by atoms with Gasteiger partial charge < -0.3 is 15.8 Å². The summed E-state index contributed by atoms with van der Waals surface area (Å²) in [6.07, 6.45) is 3.63. The van der Waals surface area contributed by atoms with Gasteiger partial charge in [-0.15, -0.1) is 12.4 Å². The normalized spacial score (nSPS) is 15.0. The molecule has 1 aliphatic rings. The smallest absolute Gasteiger partial charge is 0.220 e. The molecule has 1 fully saturated rings. The molecule has 0 heterocycles. The number of halogens is 2. The lowest BCUT2D eigenvalue weighted by atomic mass is 10.2. The average molecular weight is 425 g/mol. The summed E-state index contributed by atoms with van der Waals surface area (Å²) in [6, 6.07) is 8.01. The van der Waals surface area contributed by atoms with Crippen LogP contribution in [0.3, 0.4) is 0 Å². The lowest BCUT2D eigenvalue weighted by Gasteiger charge is -2.11. The second-order valence-electron chi connectivity index (χ2n) is 5.21. The molecule has 0 bridgehead atoms. The molecule has 1 unspecified atom stereocenters. The number of carbonyl (C=O) groups is 1. The van der Waals surface area contributed by atoms with Crippen molar-refractivity contribution in [3.05, 3.63) is 27.8 Å². The Hall–Kier alpha value is -0.530. The van der Waals surface area contributed by atoms with Gasteiger partial charge in [0.1, 0.15) is 5.75 Å². The lowest BCUT2D eigenvalue weighted by Crippen LogP contribution is -2.38. The number of ether oxygens (including phenoxy) is 1. The fourth-order valence-electron chi connectivity index (χ4n) is 1.96. The Balaban J connectivity index is 0.00000220. The standard InChI is InChI=1S/C15H21IN2O2.ClH/c16-12-5-7-13(8-6-12)20-9-1-2-15(19)18-10-14(17)11-3-4-11;/h5-8,11,14H,1-4,9-10,17H2,(H,18,19);1H. The van der Waals surface area contributed by atoms with Crippen LogP contribution in [0.25, 0.3) is 0 Å². The number of rotatable bonds is 8. The molecular weight excluding hydrogens is 403 g/mol. The highest BCUT2D eigenvalue weighted by molar-refractivity contribution is 14.1. The van der Waals surface area contributed by atoms with Crippen LogP contribution in [0.15, 0.2) is 24.3 Å². The summed E-state index contributed by atoms with van der Waals surface area (Å²) in [4.78, 5) is 11.6. The summed E-state index contributed by atoms with van der Waals surface area (Å²) >= 11 is 2.25. The summed E-state index contributed by atoms with van der Waals surface area (Å²) in [5.41, 5.74) is 5.93. The molecule has 1 saturated carbocycles. The van der Waals surface area contributed by atoms with Gasteiger partial charge >= 0.3 is 0 Å². The first-order valence-electron chi connectivity index (χ1n) is 7.06. The van der Waals surface area contributed by atoms with Gasteiger partial charge in [-0.2, -0.15) is 0 Å². The van der Waals surface area contributed by atoms with E-state index in [2.05, 4.69) is 27.9 Å². The molecule has 21 heavy (non-hydrogen) atoms. The van der Waals surface area contributed by atoms with Crippen LogP contribution in [-0.2, 0) is 4.79 Å². The quantitative estimate of drug-likeness (QED) is 0.498. The van der Waals surface area contributed by atoms with E-state index in [4.69, 9.17) is 10.5 Å². The first kappa shape index (κ1) is 18.5. The second-order valence-corrected chi connectivity index (χ2v) is 6.46. The maximum Gasteiger partial charge on any atom is 0.220 e. The van der Waals surface area contributed by atoms with Crippen LogP contribution in [0.4, 0.5) is 0 Å². The summed E-state index contributed by atoms with van der Waals surface area (Å²) in [6.45, 7) is 1.16. The number of nitrogens with two attached hydrogens (primary N) is 1. The van der Waals surface area contributed by atoms with E-state index in [-0.39, 0.29) is 24.4 Å². The van der Waals surface area contributed by atoms with Crippen molar-refractivity contribution in [2.75, 3.05) is 13.2 Å². The first-order valence-corrected chi connectivity index (χ1v) is 8.13. The molecule has 1 aromatic rings. The van der Waals surface area contributed by atoms with Gasteiger partial charge in [0.25, 0.3) is 0 Å². The molecule has 1 aliphatic carbocycles. The Morgan fingerprint density at radius 2 is 2.05 bits per heavy atom.